The Morgan fingerprint density at radius 1 is 1.19 bits per heavy atom. The number of carbonyl (C=O) groups is 1. The fourth-order valence-corrected chi connectivity index (χ4v) is 2.31. The lowest BCUT2D eigenvalue weighted by molar-refractivity contribution is 0.0950. The molecule has 0 saturated carbocycles. The summed E-state index contributed by atoms with van der Waals surface area (Å²) in [5, 5.41) is 2.72. The Hall–Kier alpha value is -2.41. The van der Waals surface area contributed by atoms with Gasteiger partial charge >= 0.3 is 0 Å². The number of pyridine rings is 1. The molecule has 0 spiro atoms. The molecule has 0 aliphatic heterocycles. The quantitative estimate of drug-likeness (QED) is 0.877. The van der Waals surface area contributed by atoms with Crippen molar-refractivity contribution in [2.24, 2.45) is 0 Å². The second kappa shape index (κ2) is 5.92. The van der Waals surface area contributed by atoms with E-state index in [0.717, 1.165) is 11.8 Å². The average Bonchev–Trinajstić information content (AvgIpc) is 2.45. The Bertz CT molecular complexity index is 738. The van der Waals surface area contributed by atoms with Gasteiger partial charge in [-0.3, -0.25) is 4.79 Å². The van der Waals surface area contributed by atoms with Crippen LogP contribution in [-0.4, -0.2) is 25.6 Å². The van der Waals surface area contributed by atoms with Gasteiger partial charge in [-0.15, -0.1) is 0 Å². The van der Waals surface area contributed by atoms with E-state index in [1.807, 2.05) is 0 Å². The number of nitrogens with one attached hydrogen (secondary N) is 1. The Morgan fingerprint density at radius 2 is 1.86 bits per heavy atom. The highest BCUT2D eigenvalue weighted by atomic mass is 32.2. The first-order valence-electron chi connectivity index (χ1n) is 6.15. The third-order valence-corrected chi connectivity index (χ3v) is 3.98. The molecule has 0 aliphatic carbocycles. The highest BCUT2D eigenvalue weighted by Gasteiger charge is 2.08. The van der Waals surface area contributed by atoms with Crippen LogP contribution in [0.5, 0.6) is 0 Å². The first-order chi connectivity index (χ1) is 9.86. The molecule has 0 fully saturated rings. The van der Waals surface area contributed by atoms with Gasteiger partial charge in [0.05, 0.1) is 10.5 Å². The highest BCUT2D eigenvalue weighted by molar-refractivity contribution is 7.90. The van der Waals surface area contributed by atoms with E-state index in [1.165, 1.54) is 18.3 Å². The van der Waals surface area contributed by atoms with Crippen LogP contribution in [0, 0.1) is 0 Å². The van der Waals surface area contributed by atoms with Crippen LogP contribution < -0.4 is 11.1 Å². The lowest BCUT2D eigenvalue weighted by Crippen LogP contribution is -2.22. The monoisotopic (exact) mass is 305 g/mol. The summed E-state index contributed by atoms with van der Waals surface area (Å²) in [6.07, 6.45) is 2.55. The third-order valence-electron chi connectivity index (χ3n) is 2.85. The van der Waals surface area contributed by atoms with Crippen LogP contribution in [-0.2, 0) is 16.4 Å². The standard InChI is InChI=1S/C14H15N3O3S/c1-21(19,20)12-5-2-10(3-6-12)8-17-14(18)11-4-7-13(15)16-9-11/h2-7,9H,8H2,1H3,(H2,15,16)(H,17,18). The van der Waals surface area contributed by atoms with Crippen molar-refractivity contribution < 1.29 is 13.2 Å². The Balaban J connectivity index is 2.00. The van der Waals surface area contributed by atoms with E-state index in [4.69, 9.17) is 5.73 Å². The van der Waals surface area contributed by atoms with Crippen molar-refractivity contribution in [2.45, 2.75) is 11.4 Å². The van der Waals surface area contributed by atoms with E-state index >= 15 is 0 Å². The second-order valence-electron chi connectivity index (χ2n) is 4.57. The minimum atomic E-state index is -3.21. The zero-order chi connectivity index (χ0) is 15.5. The summed E-state index contributed by atoms with van der Waals surface area (Å²) in [6.45, 7) is 0.299. The maximum atomic E-state index is 11.9. The maximum absolute atomic E-state index is 11.9. The van der Waals surface area contributed by atoms with Crippen LogP contribution >= 0.6 is 0 Å². The van der Waals surface area contributed by atoms with E-state index in [-0.39, 0.29) is 10.8 Å². The van der Waals surface area contributed by atoms with Gasteiger partial charge in [0.15, 0.2) is 9.84 Å². The summed E-state index contributed by atoms with van der Waals surface area (Å²) in [4.78, 5) is 16.0. The molecule has 2 rings (SSSR count). The fraction of sp³-hybridized carbons (Fsp3) is 0.143. The zero-order valence-corrected chi connectivity index (χ0v) is 12.2. The number of benzene rings is 1. The lowest BCUT2D eigenvalue weighted by Gasteiger charge is -2.06. The third kappa shape index (κ3) is 4.03. The number of aromatic nitrogens is 1. The smallest absolute Gasteiger partial charge is 0.253 e. The number of sulfone groups is 1. The summed E-state index contributed by atoms with van der Waals surface area (Å²) < 4.78 is 22.7. The Morgan fingerprint density at radius 3 is 2.38 bits per heavy atom. The molecule has 0 bridgehead atoms. The van der Waals surface area contributed by atoms with Gasteiger partial charge in [0.1, 0.15) is 5.82 Å². The first kappa shape index (κ1) is 15.0. The minimum Gasteiger partial charge on any atom is -0.384 e. The SMILES string of the molecule is CS(=O)(=O)c1ccc(CNC(=O)c2ccc(N)nc2)cc1. The topological polar surface area (TPSA) is 102 Å². The van der Waals surface area contributed by atoms with Crippen molar-refractivity contribution in [1.82, 2.24) is 10.3 Å². The van der Waals surface area contributed by atoms with Crippen LogP contribution in [0.25, 0.3) is 0 Å². The predicted molar refractivity (Wildman–Crippen MR) is 79.4 cm³/mol. The van der Waals surface area contributed by atoms with Crippen molar-refractivity contribution >= 4 is 21.6 Å². The number of nitrogens with two attached hydrogens (primary N) is 1. The molecule has 3 N–H and O–H groups in total. The number of nitrogens with zero attached hydrogens (tertiary/aromatic N) is 1. The molecule has 7 heteroatoms. The van der Waals surface area contributed by atoms with E-state index in [0.29, 0.717) is 17.9 Å². The molecular weight excluding hydrogens is 290 g/mol. The molecule has 21 heavy (non-hydrogen) atoms. The minimum absolute atomic E-state index is 0.250. The molecule has 2 aromatic rings. The summed E-state index contributed by atoms with van der Waals surface area (Å²) >= 11 is 0. The van der Waals surface area contributed by atoms with E-state index in [9.17, 15) is 13.2 Å². The molecule has 1 aromatic carbocycles. The molecular formula is C14H15N3O3S. The van der Waals surface area contributed by atoms with E-state index in [1.54, 1.807) is 24.3 Å². The van der Waals surface area contributed by atoms with Gasteiger partial charge in [0, 0.05) is 19.0 Å². The molecule has 0 atom stereocenters. The highest BCUT2D eigenvalue weighted by Crippen LogP contribution is 2.10. The van der Waals surface area contributed by atoms with Gasteiger partial charge in [0.2, 0.25) is 0 Å². The summed E-state index contributed by atoms with van der Waals surface area (Å²) in [5.74, 6) is 0.0811. The molecule has 0 radical (unpaired) electrons. The lowest BCUT2D eigenvalue weighted by atomic mass is 10.2. The second-order valence-corrected chi connectivity index (χ2v) is 6.59. The first-order valence-corrected chi connectivity index (χ1v) is 8.04. The van der Waals surface area contributed by atoms with Crippen LogP contribution in [0.3, 0.4) is 0 Å². The number of hydrogen-bond acceptors (Lipinski definition) is 5. The Kier molecular flexibility index (Phi) is 4.23. The van der Waals surface area contributed by atoms with Crippen LogP contribution in [0.4, 0.5) is 5.82 Å². The molecule has 0 saturated heterocycles. The van der Waals surface area contributed by atoms with Crippen LogP contribution in [0.15, 0.2) is 47.5 Å². The summed E-state index contributed by atoms with van der Waals surface area (Å²) in [5.41, 5.74) is 6.67. The van der Waals surface area contributed by atoms with Gasteiger partial charge < -0.3 is 11.1 Å². The molecule has 1 aromatic heterocycles. The van der Waals surface area contributed by atoms with Gasteiger partial charge in [-0.25, -0.2) is 13.4 Å². The fourth-order valence-electron chi connectivity index (χ4n) is 1.68. The molecule has 110 valence electrons. The number of hydrogen-bond donors (Lipinski definition) is 2. The molecule has 1 heterocycles. The van der Waals surface area contributed by atoms with Gasteiger partial charge in [-0.05, 0) is 29.8 Å². The van der Waals surface area contributed by atoms with Crippen molar-refractivity contribution in [1.29, 1.82) is 0 Å². The zero-order valence-electron chi connectivity index (χ0n) is 11.4. The molecule has 0 unspecified atom stereocenters. The predicted octanol–water partition coefficient (Wildman–Crippen LogP) is 0.997. The van der Waals surface area contributed by atoms with Crippen LogP contribution in [0.1, 0.15) is 15.9 Å². The van der Waals surface area contributed by atoms with E-state index in [2.05, 4.69) is 10.3 Å². The molecule has 6 nitrogen and oxygen atoms in total. The summed E-state index contributed by atoms with van der Waals surface area (Å²) in [7, 11) is -3.21. The largest absolute Gasteiger partial charge is 0.384 e. The molecule has 0 aliphatic rings. The number of rotatable bonds is 4. The van der Waals surface area contributed by atoms with Gasteiger partial charge in [0.25, 0.3) is 5.91 Å². The Labute approximate surface area is 122 Å². The van der Waals surface area contributed by atoms with Crippen molar-refractivity contribution in [3.8, 4) is 0 Å². The van der Waals surface area contributed by atoms with Crippen molar-refractivity contribution in [2.75, 3.05) is 12.0 Å². The van der Waals surface area contributed by atoms with Crippen molar-refractivity contribution in [3.05, 3.63) is 53.7 Å². The maximum Gasteiger partial charge on any atom is 0.253 e. The normalized spacial score (nSPS) is 11.1. The number of anilines is 1. The van der Waals surface area contributed by atoms with Crippen molar-refractivity contribution in [3.63, 3.8) is 0 Å². The van der Waals surface area contributed by atoms with Gasteiger partial charge in [-0.1, -0.05) is 12.1 Å². The molecule has 1 amide bonds. The van der Waals surface area contributed by atoms with E-state index < -0.39 is 9.84 Å². The van der Waals surface area contributed by atoms with Crippen LogP contribution in [0.2, 0.25) is 0 Å². The number of nitrogen functional groups attached to an aromatic ring is 1. The number of amides is 1. The average molecular weight is 305 g/mol. The van der Waals surface area contributed by atoms with Gasteiger partial charge in [-0.2, -0.15) is 0 Å². The number of carbonyl (C=O) groups excluding carboxylic acids is 1. The summed E-state index contributed by atoms with van der Waals surface area (Å²) in [6, 6.07) is 9.50.